The zero-order valence-electron chi connectivity index (χ0n) is 44.1. The largest absolute Gasteiger partial charge is 0.454 e. The molecular formula is C53H73IN8O11S. The number of hydrogen-bond acceptors (Lipinski definition) is 17. The lowest BCUT2D eigenvalue weighted by atomic mass is 9.74. The Morgan fingerprint density at radius 3 is 2.45 bits per heavy atom. The first-order chi connectivity index (χ1) is 35.2. The maximum atomic E-state index is 14.8. The number of likely N-dealkylation sites (N-methyl/N-ethyl adjacent to an activating group) is 1. The Labute approximate surface area is 450 Å². The number of rotatable bonds is 19. The third kappa shape index (κ3) is 14.4. The summed E-state index contributed by atoms with van der Waals surface area (Å²) in [7, 11) is 2.35. The summed E-state index contributed by atoms with van der Waals surface area (Å²) < 4.78 is 45.5. The van der Waals surface area contributed by atoms with E-state index < -0.39 is 92.1 Å². The van der Waals surface area contributed by atoms with Crippen LogP contribution in [-0.4, -0.2) is 153 Å². The number of aliphatic hydroxyl groups excluding tert-OH is 1. The van der Waals surface area contributed by atoms with Gasteiger partial charge in [0.1, 0.15) is 23.8 Å². The van der Waals surface area contributed by atoms with Gasteiger partial charge in [0.25, 0.3) is 6.47 Å². The average molecular weight is 1160 g/mol. The predicted octanol–water partition coefficient (Wildman–Crippen LogP) is 5.89. The van der Waals surface area contributed by atoms with E-state index in [1.165, 1.54) is 14.0 Å². The van der Waals surface area contributed by atoms with E-state index in [-0.39, 0.29) is 24.8 Å². The van der Waals surface area contributed by atoms with Gasteiger partial charge in [0.15, 0.2) is 21.8 Å². The highest BCUT2D eigenvalue weighted by Gasteiger charge is 2.53. The van der Waals surface area contributed by atoms with Crippen molar-refractivity contribution in [2.24, 2.45) is 28.7 Å². The van der Waals surface area contributed by atoms with Crippen molar-refractivity contribution < 1.29 is 52.2 Å². The minimum atomic E-state index is -1.64. The van der Waals surface area contributed by atoms with Gasteiger partial charge < -0.3 is 38.3 Å². The molecule has 19 nitrogen and oxygen atoms in total. The monoisotopic (exact) mass is 1160 g/mol. The smallest absolute Gasteiger partial charge is 0.317 e. The van der Waals surface area contributed by atoms with E-state index in [1.807, 2.05) is 94.8 Å². The minimum absolute atomic E-state index is 0.0602. The van der Waals surface area contributed by atoms with Crippen molar-refractivity contribution in [3.63, 3.8) is 0 Å². The van der Waals surface area contributed by atoms with Crippen LogP contribution in [0.3, 0.4) is 0 Å². The molecule has 74 heavy (non-hydrogen) atoms. The first kappa shape index (κ1) is 58.6. The predicted molar refractivity (Wildman–Crippen MR) is 286 cm³/mol. The SMILES string of the molecule is CO[C@]1(C)C[C@@H](C)C(=O)[C@H](C)[C@@H](N=CCCCn2cnc(-c3cccnc3)c2)[C@](C)(OC=O)[C@@H](I)OC(=O)[C@H](C)C(=O)[C@H](C)[C@H]1O[C@@H]1O[C@H](C)C[C@H](N(C)CCc2cn(CCc3ccc(S(C)=O)cc3)nn2)[C@H]1O. The quantitative estimate of drug-likeness (QED) is 0.0220. The Bertz CT molecular complexity index is 2550. The Morgan fingerprint density at radius 1 is 1.03 bits per heavy atom. The van der Waals surface area contributed by atoms with Crippen LogP contribution in [-0.2, 0) is 79.6 Å². The summed E-state index contributed by atoms with van der Waals surface area (Å²) in [6.07, 6.45) is 11.5. The first-order valence-corrected chi connectivity index (χ1v) is 28.0. The van der Waals surface area contributed by atoms with Crippen molar-refractivity contribution in [3.8, 4) is 11.3 Å². The van der Waals surface area contributed by atoms with E-state index in [1.54, 1.807) is 70.5 Å². The van der Waals surface area contributed by atoms with Crippen LogP contribution < -0.4 is 0 Å². The van der Waals surface area contributed by atoms with Crippen LogP contribution in [0.5, 0.6) is 0 Å². The van der Waals surface area contributed by atoms with Crippen LogP contribution in [0, 0.1) is 23.7 Å². The molecule has 0 bridgehead atoms. The molecular weight excluding hydrogens is 1080 g/mol. The van der Waals surface area contributed by atoms with E-state index in [9.17, 15) is 28.5 Å². The fourth-order valence-electron chi connectivity index (χ4n) is 10.1. The number of unbranched alkanes of at least 4 members (excludes halogenated alkanes) is 1. The summed E-state index contributed by atoms with van der Waals surface area (Å²) in [6, 6.07) is 10.0. The third-order valence-corrected chi connectivity index (χ3v) is 17.1. The molecule has 1 aromatic carbocycles. The molecule has 2 aliphatic rings. The van der Waals surface area contributed by atoms with Gasteiger partial charge in [-0.3, -0.25) is 38.0 Å². The van der Waals surface area contributed by atoms with E-state index >= 15 is 0 Å². The molecule has 4 aromatic rings. The highest BCUT2D eigenvalue weighted by Crippen LogP contribution is 2.40. The number of alkyl halides is 1. The molecule has 5 heterocycles. The molecule has 0 saturated carbocycles. The Morgan fingerprint density at radius 2 is 1.77 bits per heavy atom. The number of carbonyl (C=O) groups excluding carboxylic acids is 4. The second-order valence-corrected chi connectivity index (χ2v) is 22.8. The molecule has 1 unspecified atom stereocenters. The van der Waals surface area contributed by atoms with Gasteiger partial charge in [0.05, 0.1) is 35.5 Å². The molecule has 2 aliphatic heterocycles. The highest BCUT2D eigenvalue weighted by atomic mass is 127. The second kappa shape index (κ2) is 26.4. The lowest BCUT2D eigenvalue weighted by Crippen LogP contribution is -2.60. The number of cyclic esters (lactones) is 1. The molecule has 0 amide bonds. The number of ketones is 2. The number of Topliss-reactive ketones (excluding diaryl/α,β-unsaturated/α-hetero) is 2. The molecule has 14 atom stereocenters. The second-order valence-electron chi connectivity index (χ2n) is 20.3. The third-order valence-electron chi connectivity index (χ3n) is 14.7. The normalized spacial score (nSPS) is 31.0. The zero-order valence-corrected chi connectivity index (χ0v) is 47.1. The average Bonchev–Trinajstić information content (AvgIpc) is 4.07. The Hall–Kier alpha value is -4.65. The number of benzene rings is 1. The van der Waals surface area contributed by atoms with Gasteiger partial charge in [-0.1, -0.05) is 38.1 Å². The van der Waals surface area contributed by atoms with E-state index in [2.05, 4.69) is 20.3 Å². The van der Waals surface area contributed by atoms with Crippen molar-refractivity contribution in [3.05, 3.63) is 78.8 Å². The van der Waals surface area contributed by atoms with Gasteiger partial charge in [0.2, 0.25) is 0 Å². The number of hydrogen-bond donors (Lipinski definition) is 1. The number of aliphatic imine (C=N–C) groups is 1. The lowest BCUT2D eigenvalue weighted by molar-refractivity contribution is -0.296. The van der Waals surface area contributed by atoms with Crippen LogP contribution in [0.2, 0.25) is 0 Å². The number of esters is 1. The van der Waals surface area contributed by atoms with E-state index in [0.29, 0.717) is 45.3 Å². The molecule has 21 heteroatoms. The summed E-state index contributed by atoms with van der Waals surface area (Å²) in [5.41, 5.74) is 0.595. The summed E-state index contributed by atoms with van der Waals surface area (Å²) in [4.78, 5) is 72.0. The summed E-state index contributed by atoms with van der Waals surface area (Å²) >= 11 is 1.86. The number of aryl methyl sites for hydroxylation is 3. The number of aromatic nitrogens is 6. The standard InChI is InChI=1S/C53H73IN8O11S/c1-33-27-52(6,69-9)48(72-50-46(66)43(26-34(2)71-50)60(8)24-20-40-29-62(59-58-40)25-19-38-15-17-41(18-16-38)74(10)68)36(4)45(65)37(5)49(67)73-51(54)53(7,70-32-63)47(35(3)44(33)64)56-22-11-12-23-61-30-42(57-31-61)39-14-13-21-55-28-39/h13-18,21-22,28-37,43,46-48,50-51,66H,11-12,19-20,23-27H2,1-10H3/t33-,34-,35+,36+,37-,43+,46-,47-,48-,50+,51+,52-,53+,74?/m1/s1. The molecule has 0 aliphatic carbocycles. The summed E-state index contributed by atoms with van der Waals surface area (Å²) in [5, 5.41) is 20.8. The minimum Gasteiger partial charge on any atom is -0.454 e. The van der Waals surface area contributed by atoms with Crippen LogP contribution in [0.1, 0.15) is 85.4 Å². The molecule has 1 N–H and O–H groups in total. The summed E-state index contributed by atoms with van der Waals surface area (Å²) in [6.45, 7) is 13.8. The Kier molecular flexibility index (Phi) is 20.9. The number of methoxy groups -OCH3 is 1. The van der Waals surface area contributed by atoms with Crippen molar-refractivity contribution in [1.82, 2.24) is 34.4 Å². The number of imidazole rings is 1. The molecule has 3 aromatic heterocycles. The number of carbonyl (C=O) groups is 4. The lowest BCUT2D eigenvalue weighted by Gasteiger charge is -2.47. The summed E-state index contributed by atoms with van der Waals surface area (Å²) in [5.74, 6) is -5.58. The molecule has 404 valence electrons. The van der Waals surface area contributed by atoms with Crippen molar-refractivity contribution in [2.45, 2.75) is 157 Å². The van der Waals surface area contributed by atoms with Gasteiger partial charge in [-0.2, -0.15) is 0 Å². The van der Waals surface area contributed by atoms with E-state index in [0.717, 1.165) is 33.8 Å². The Balaban J connectivity index is 1.17. The van der Waals surface area contributed by atoms with Gasteiger partial charge in [-0.05, 0) is 125 Å². The topological polar surface area (TPSA) is 229 Å². The van der Waals surface area contributed by atoms with Crippen LogP contribution in [0.15, 0.2) is 77.4 Å². The molecule has 0 radical (unpaired) electrons. The van der Waals surface area contributed by atoms with Crippen molar-refractivity contribution in [1.29, 1.82) is 0 Å². The van der Waals surface area contributed by atoms with Gasteiger partial charge in [0, 0.05) is 109 Å². The van der Waals surface area contributed by atoms with Crippen LogP contribution in [0.4, 0.5) is 0 Å². The van der Waals surface area contributed by atoms with Gasteiger partial charge >= 0.3 is 5.97 Å². The number of pyridine rings is 1. The van der Waals surface area contributed by atoms with Crippen LogP contribution >= 0.6 is 22.6 Å². The van der Waals surface area contributed by atoms with Crippen LogP contribution in [0.25, 0.3) is 11.3 Å². The van der Waals surface area contributed by atoms with Crippen molar-refractivity contribution in [2.75, 3.05) is 27.0 Å². The first-order valence-electron chi connectivity index (χ1n) is 25.2. The molecule has 6 rings (SSSR count). The van der Waals surface area contributed by atoms with Crippen molar-refractivity contribution >= 4 is 63.6 Å². The fraction of sp³-hybridized carbons (Fsp3) is 0.604. The highest BCUT2D eigenvalue weighted by molar-refractivity contribution is 14.1. The van der Waals surface area contributed by atoms with Gasteiger partial charge in [-0.15, -0.1) is 5.10 Å². The fourth-order valence-corrected chi connectivity index (χ4v) is 11.4. The molecule has 2 saturated heterocycles. The maximum absolute atomic E-state index is 14.8. The van der Waals surface area contributed by atoms with E-state index in [4.69, 9.17) is 28.7 Å². The molecule has 0 spiro atoms. The number of aliphatic hydroxyl groups is 1. The van der Waals surface area contributed by atoms with Gasteiger partial charge in [-0.25, -0.2) is 4.98 Å². The maximum Gasteiger partial charge on any atom is 0.317 e. The molecule has 2 fully saturated rings. The number of nitrogens with zero attached hydrogens (tertiary/aromatic N) is 8. The number of halogens is 1. The number of ether oxygens (including phenoxy) is 5. The zero-order chi connectivity index (χ0) is 53.9.